The van der Waals surface area contributed by atoms with Gasteiger partial charge in [-0.05, 0) is 44.3 Å². The van der Waals surface area contributed by atoms with Gasteiger partial charge in [-0.1, -0.05) is 0 Å². The van der Waals surface area contributed by atoms with E-state index in [-0.39, 0.29) is 36.0 Å². The van der Waals surface area contributed by atoms with Crippen molar-refractivity contribution < 1.29 is 22.4 Å². The molecular weight excluding hydrogens is 416 g/mol. The zero-order valence-electron chi connectivity index (χ0n) is 16.4. The zero-order valence-corrected chi connectivity index (χ0v) is 18.0. The molecule has 0 unspecified atom stereocenters. The fraction of sp³-hybridized carbons (Fsp3) is 0.444. The lowest BCUT2D eigenvalue weighted by Gasteiger charge is -2.35. The average molecular weight is 439 g/mol. The molecular formula is C18H22N4O5S2. The fourth-order valence-corrected chi connectivity index (χ4v) is 4.00. The summed E-state index contributed by atoms with van der Waals surface area (Å²) in [6.45, 7) is 4.15. The van der Waals surface area contributed by atoms with Crippen LogP contribution in [-0.4, -0.2) is 65.3 Å². The Morgan fingerprint density at radius 2 is 1.79 bits per heavy atom. The Morgan fingerprint density at radius 3 is 2.28 bits per heavy atom. The Labute approximate surface area is 175 Å². The molecule has 0 aromatic carbocycles. The molecule has 2 amide bonds. The number of thiocarbonyl (C=S) groups is 1. The van der Waals surface area contributed by atoms with Gasteiger partial charge in [-0.25, -0.2) is 8.42 Å². The maximum atomic E-state index is 12.6. The Kier molecular flexibility index (Phi) is 7.29. The van der Waals surface area contributed by atoms with Crippen LogP contribution in [0.25, 0.3) is 6.08 Å². The van der Waals surface area contributed by atoms with Crippen LogP contribution in [0.1, 0.15) is 31.8 Å². The lowest BCUT2D eigenvalue weighted by atomic mass is 10.1. The van der Waals surface area contributed by atoms with E-state index in [1.807, 2.05) is 6.07 Å². The predicted molar refractivity (Wildman–Crippen MR) is 110 cm³/mol. The summed E-state index contributed by atoms with van der Waals surface area (Å²) in [6.07, 6.45) is 2.44. The highest BCUT2D eigenvalue weighted by molar-refractivity contribution is 7.88. The largest absolute Gasteiger partial charge is 0.460 e. The number of likely N-dealkylation sites (N-methyl/N-ethyl adjacent to an activating group) is 2. The van der Waals surface area contributed by atoms with Crippen LogP contribution in [0.15, 0.2) is 22.1 Å². The minimum Gasteiger partial charge on any atom is -0.460 e. The SMILES string of the molecule is CCN1C(=O)C(=Cc2ccc(CN(CCC#N)S(C)(=O)=O)o2)C(=O)N(CC)C1=S. The second kappa shape index (κ2) is 9.30. The van der Waals surface area contributed by atoms with E-state index >= 15 is 0 Å². The van der Waals surface area contributed by atoms with Gasteiger partial charge in [0.05, 0.1) is 18.9 Å². The van der Waals surface area contributed by atoms with Gasteiger partial charge in [-0.3, -0.25) is 19.4 Å². The number of furan rings is 1. The van der Waals surface area contributed by atoms with E-state index in [0.29, 0.717) is 18.8 Å². The van der Waals surface area contributed by atoms with E-state index in [1.165, 1.54) is 15.9 Å². The Hall–Kier alpha value is -2.55. The lowest BCUT2D eigenvalue weighted by Crippen LogP contribution is -2.55. The van der Waals surface area contributed by atoms with Gasteiger partial charge in [-0.15, -0.1) is 0 Å². The first-order valence-corrected chi connectivity index (χ1v) is 11.2. The van der Waals surface area contributed by atoms with Gasteiger partial charge < -0.3 is 4.42 Å². The highest BCUT2D eigenvalue weighted by Gasteiger charge is 2.38. The van der Waals surface area contributed by atoms with Crippen molar-refractivity contribution in [3.05, 3.63) is 29.2 Å². The molecule has 156 valence electrons. The first kappa shape index (κ1) is 22.7. The van der Waals surface area contributed by atoms with Crippen LogP contribution in [0, 0.1) is 11.3 Å². The second-order valence-electron chi connectivity index (χ2n) is 6.25. The predicted octanol–water partition coefficient (Wildman–Crippen LogP) is 1.33. The van der Waals surface area contributed by atoms with Crippen LogP contribution in [0.4, 0.5) is 0 Å². The third kappa shape index (κ3) is 5.09. The van der Waals surface area contributed by atoms with E-state index in [1.54, 1.807) is 26.0 Å². The standard InChI is InChI=1S/C18H22N4O5S2/c1-4-21-16(23)15(17(24)22(5-2)18(21)28)11-13-7-8-14(27-13)12-20(10-6-9-19)29(3,25)26/h7-8,11H,4-6,10,12H2,1-3H3. The van der Waals surface area contributed by atoms with Crippen molar-refractivity contribution in [1.29, 1.82) is 5.26 Å². The van der Waals surface area contributed by atoms with Crippen molar-refractivity contribution in [2.24, 2.45) is 0 Å². The van der Waals surface area contributed by atoms with Crippen molar-refractivity contribution in [2.75, 3.05) is 25.9 Å². The van der Waals surface area contributed by atoms with Crippen LogP contribution in [0.5, 0.6) is 0 Å². The molecule has 9 nitrogen and oxygen atoms in total. The Bertz CT molecular complexity index is 962. The molecule has 1 aliphatic rings. The summed E-state index contributed by atoms with van der Waals surface area (Å²) in [4.78, 5) is 28.0. The number of rotatable bonds is 8. The smallest absolute Gasteiger partial charge is 0.265 e. The van der Waals surface area contributed by atoms with Gasteiger partial charge in [-0.2, -0.15) is 9.57 Å². The van der Waals surface area contributed by atoms with E-state index in [9.17, 15) is 18.0 Å². The summed E-state index contributed by atoms with van der Waals surface area (Å²) in [5.41, 5.74) is -0.0763. The molecule has 1 aliphatic heterocycles. The normalized spacial score (nSPS) is 15.3. The van der Waals surface area contributed by atoms with Crippen LogP contribution < -0.4 is 0 Å². The van der Waals surface area contributed by atoms with Gasteiger partial charge in [0, 0.05) is 26.1 Å². The number of amides is 2. The molecule has 2 rings (SSSR count). The van der Waals surface area contributed by atoms with Gasteiger partial charge in [0.1, 0.15) is 17.1 Å². The van der Waals surface area contributed by atoms with E-state index in [0.717, 1.165) is 10.6 Å². The number of carbonyl (C=O) groups excluding carboxylic acids is 2. The Morgan fingerprint density at radius 1 is 1.21 bits per heavy atom. The molecule has 0 radical (unpaired) electrons. The third-order valence-electron chi connectivity index (χ3n) is 4.29. The molecule has 29 heavy (non-hydrogen) atoms. The highest BCUT2D eigenvalue weighted by atomic mass is 32.2. The molecule has 1 saturated heterocycles. The number of hydrogen-bond acceptors (Lipinski definition) is 7. The lowest BCUT2D eigenvalue weighted by molar-refractivity contribution is -0.133. The molecule has 0 bridgehead atoms. The molecule has 1 aromatic heterocycles. The molecule has 0 N–H and O–H groups in total. The van der Waals surface area contributed by atoms with Crippen LogP contribution >= 0.6 is 12.2 Å². The maximum absolute atomic E-state index is 12.6. The van der Waals surface area contributed by atoms with E-state index in [4.69, 9.17) is 21.9 Å². The maximum Gasteiger partial charge on any atom is 0.265 e. The number of sulfonamides is 1. The van der Waals surface area contributed by atoms with Gasteiger partial charge in [0.25, 0.3) is 11.8 Å². The second-order valence-corrected chi connectivity index (χ2v) is 8.60. The van der Waals surface area contributed by atoms with Crippen molar-refractivity contribution >= 4 is 45.2 Å². The summed E-state index contributed by atoms with van der Waals surface area (Å²) >= 11 is 5.21. The Balaban J connectivity index is 2.30. The summed E-state index contributed by atoms with van der Waals surface area (Å²) in [7, 11) is -3.53. The summed E-state index contributed by atoms with van der Waals surface area (Å²) in [6, 6.07) is 5.02. The fourth-order valence-electron chi connectivity index (χ4n) is 2.79. The monoisotopic (exact) mass is 438 g/mol. The molecule has 0 spiro atoms. The first-order valence-electron chi connectivity index (χ1n) is 8.94. The first-order chi connectivity index (χ1) is 13.6. The van der Waals surface area contributed by atoms with Crippen molar-refractivity contribution in [3.63, 3.8) is 0 Å². The molecule has 0 atom stereocenters. The molecule has 0 saturated carbocycles. The molecule has 0 aliphatic carbocycles. The van der Waals surface area contributed by atoms with Crippen molar-refractivity contribution in [3.8, 4) is 6.07 Å². The average Bonchev–Trinajstić information content (AvgIpc) is 3.09. The zero-order chi connectivity index (χ0) is 21.8. The van der Waals surface area contributed by atoms with Gasteiger partial charge in [0.15, 0.2) is 5.11 Å². The van der Waals surface area contributed by atoms with Crippen LogP contribution in [0.2, 0.25) is 0 Å². The van der Waals surface area contributed by atoms with Crippen molar-refractivity contribution in [2.45, 2.75) is 26.8 Å². The molecule has 2 heterocycles. The quantitative estimate of drug-likeness (QED) is 0.342. The summed E-state index contributed by atoms with van der Waals surface area (Å²) < 4.78 is 30.5. The molecule has 11 heteroatoms. The third-order valence-corrected chi connectivity index (χ3v) is 5.98. The molecule has 1 aromatic rings. The summed E-state index contributed by atoms with van der Waals surface area (Å²) in [5.74, 6) is -0.439. The highest BCUT2D eigenvalue weighted by Crippen LogP contribution is 2.22. The van der Waals surface area contributed by atoms with E-state index < -0.39 is 21.8 Å². The number of nitriles is 1. The molecule has 1 fully saturated rings. The van der Waals surface area contributed by atoms with Crippen LogP contribution in [-0.2, 0) is 26.2 Å². The van der Waals surface area contributed by atoms with Gasteiger partial charge >= 0.3 is 0 Å². The topological polar surface area (TPSA) is 115 Å². The summed E-state index contributed by atoms with van der Waals surface area (Å²) in [5, 5.41) is 8.87. The van der Waals surface area contributed by atoms with Crippen LogP contribution in [0.3, 0.4) is 0 Å². The van der Waals surface area contributed by atoms with Gasteiger partial charge in [0.2, 0.25) is 10.0 Å². The number of nitrogens with zero attached hydrogens (tertiary/aromatic N) is 4. The number of carbonyl (C=O) groups is 2. The number of hydrogen-bond donors (Lipinski definition) is 0. The van der Waals surface area contributed by atoms with Crippen molar-refractivity contribution in [1.82, 2.24) is 14.1 Å². The van der Waals surface area contributed by atoms with E-state index in [2.05, 4.69) is 0 Å². The minimum atomic E-state index is -3.53. The minimum absolute atomic E-state index is 0.0395.